The molecule has 1 aromatic carbocycles. The summed E-state index contributed by atoms with van der Waals surface area (Å²) in [5.41, 5.74) is -0.0265. The maximum absolute atomic E-state index is 12.2. The van der Waals surface area contributed by atoms with E-state index in [1.165, 1.54) is 5.18 Å². The molecule has 0 amide bonds. The van der Waals surface area contributed by atoms with Gasteiger partial charge in [0.15, 0.2) is 5.75 Å². The second kappa shape index (κ2) is 2.43. The molecule has 0 spiro atoms. The van der Waals surface area contributed by atoms with Gasteiger partial charge in [-0.25, -0.2) is 4.39 Å². The molecule has 0 aromatic heterocycles. The van der Waals surface area contributed by atoms with E-state index in [4.69, 9.17) is 5.11 Å². The van der Waals surface area contributed by atoms with Crippen LogP contribution in [-0.4, -0.2) is 5.11 Å². The van der Waals surface area contributed by atoms with Crippen molar-refractivity contribution in [3.63, 3.8) is 0 Å². The minimum absolute atomic E-state index is 0.0265. The zero-order valence-electron chi connectivity index (χ0n) is 4.97. The quantitative estimate of drug-likeness (QED) is 0.542. The van der Waals surface area contributed by atoms with Gasteiger partial charge in [-0.05, 0) is 6.07 Å². The normalized spacial score (nSPS) is 9.30. The average molecular weight is 142 g/mol. The molecule has 0 radical (unpaired) electrons. The molecular weight excluding hydrogens is 137 g/mol. The number of halogens is 1. The van der Waals surface area contributed by atoms with Crippen LogP contribution in [0.15, 0.2) is 18.2 Å². The second-order valence-corrected chi connectivity index (χ2v) is 1.76. The van der Waals surface area contributed by atoms with Crippen molar-refractivity contribution in [1.29, 1.82) is 0 Å². The van der Waals surface area contributed by atoms with Crippen LogP contribution in [-0.2, 0) is 0 Å². The number of phenols is 1. The topological polar surface area (TPSA) is 51.3 Å². The third-order valence-electron chi connectivity index (χ3n) is 1.07. The van der Waals surface area contributed by atoms with Crippen molar-refractivity contribution in [2.45, 2.75) is 0 Å². The molecule has 1 aromatic rings. The van der Waals surface area contributed by atoms with Crippen LogP contribution in [0.1, 0.15) is 0 Å². The van der Waals surface area contributed by atoms with Crippen molar-refractivity contribution in [2.75, 3.05) is 0 Å². The Hall–Kier alpha value is -1.45. The van der Waals surface area contributed by atoms with Crippen molar-refractivity contribution >= 4 is 5.69 Å². The summed E-state index contributed by atoms with van der Waals surface area (Å²) < 4.78 is 12.2. The Morgan fingerprint density at radius 3 is 2.70 bits per heavy atom. The van der Waals surface area contributed by atoms with Gasteiger partial charge < -0.3 is 5.11 Å². The summed E-state index contributed by atoms with van der Waals surface area (Å²) in [6.45, 7) is 0. The summed E-state index contributed by atoms with van der Waals surface area (Å²) in [5.74, 6) is -0.952. The largest absolute Gasteiger partial charge is 0.502 e. The van der Waals surface area contributed by atoms with Crippen molar-refractivity contribution in [1.82, 2.24) is 0 Å². The predicted octanol–water partition coefficient (Wildman–Crippen LogP) is 0.00980. The highest BCUT2D eigenvalue weighted by Gasteiger charge is 2.06. The van der Waals surface area contributed by atoms with Gasteiger partial charge in [-0.2, -0.15) is 0 Å². The molecule has 0 aliphatic heterocycles. The molecule has 0 fully saturated rings. The van der Waals surface area contributed by atoms with Gasteiger partial charge in [0.1, 0.15) is 5.82 Å². The first-order valence-corrected chi connectivity index (χ1v) is 2.60. The fourth-order valence-corrected chi connectivity index (χ4v) is 0.591. The fourth-order valence-electron chi connectivity index (χ4n) is 0.591. The fraction of sp³-hybridized carbons (Fsp3) is 0. The van der Waals surface area contributed by atoms with Gasteiger partial charge in [0, 0.05) is 22.2 Å². The zero-order valence-corrected chi connectivity index (χ0v) is 4.97. The monoisotopic (exact) mass is 142 g/mol. The first-order valence-electron chi connectivity index (χ1n) is 2.60. The third kappa shape index (κ3) is 1.10. The van der Waals surface area contributed by atoms with E-state index >= 15 is 0 Å². The number of rotatable bonds is 1. The molecule has 10 heavy (non-hydrogen) atoms. The summed E-state index contributed by atoms with van der Waals surface area (Å²) in [6.07, 6.45) is 0. The molecular formula is C6H5FNO2+. The number of nitrogens with one attached hydrogen (secondary N) is 1. The molecule has 0 aliphatic carbocycles. The van der Waals surface area contributed by atoms with E-state index < -0.39 is 5.82 Å². The predicted molar refractivity (Wildman–Crippen MR) is 32.1 cm³/mol. The number of benzene rings is 1. The summed E-state index contributed by atoms with van der Waals surface area (Å²) in [4.78, 5) is 9.93. The van der Waals surface area contributed by atoms with Gasteiger partial charge in [-0.1, -0.05) is 0 Å². The molecule has 52 valence electrons. The summed E-state index contributed by atoms with van der Waals surface area (Å²) in [7, 11) is 0. The Labute approximate surface area is 56.1 Å². The maximum atomic E-state index is 12.2. The lowest BCUT2D eigenvalue weighted by Gasteiger charge is -1.88. The van der Waals surface area contributed by atoms with E-state index in [9.17, 15) is 9.30 Å². The van der Waals surface area contributed by atoms with Gasteiger partial charge in [0.2, 0.25) is 0 Å². The van der Waals surface area contributed by atoms with Gasteiger partial charge in [0.05, 0.1) is 0 Å². The summed E-state index contributed by atoms with van der Waals surface area (Å²) in [6, 6.07) is 3.11. The molecule has 0 saturated carbocycles. The molecule has 0 unspecified atom stereocenters. The van der Waals surface area contributed by atoms with Crippen LogP contribution >= 0.6 is 0 Å². The molecule has 0 aliphatic rings. The van der Waals surface area contributed by atoms with E-state index in [-0.39, 0.29) is 11.4 Å². The lowest BCUT2D eigenvalue weighted by atomic mass is 10.3. The maximum Gasteiger partial charge on any atom is 0.294 e. The molecule has 1 rings (SSSR count). The van der Waals surface area contributed by atoms with Crippen molar-refractivity contribution < 1.29 is 14.7 Å². The van der Waals surface area contributed by atoms with Gasteiger partial charge in [-0.15, -0.1) is 0 Å². The number of nitroso groups, excluding NO2 is 1. The van der Waals surface area contributed by atoms with E-state index in [2.05, 4.69) is 0 Å². The first-order chi connectivity index (χ1) is 4.74. The van der Waals surface area contributed by atoms with Crippen LogP contribution in [0.2, 0.25) is 0 Å². The highest BCUT2D eigenvalue weighted by molar-refractivity contribution is 5.43. The third-order valence-corrected chi connectivity index (χ3v) is 1.07. The second-order valence-electron chi connectivity index (χ2n) is 1.76. The molecule has 4 heteroatoms. The Morgan fingerprint density at radius 2 is 2.20 bits per heavy atom. The highest BCUT2D eigenvalue weighted by Crippen LogP contribution is 2.17. The molecule has 0 bridgehead atoms. The number of hydrogen-bond donors (Lipinski definition) is 2. The van der Waals surface area contributed by atoms with Crippen molar-refractivity contribution in [2.24, 2.45) is 0 Å². The van der Waals surface area contributed by atoms with Crippen molar-refractivity contribution in [3.8, 4) is 5.75 Å². The first kappa shape index (κ1) is 6.67. The van der Waals surface area contributed by atoms with Crippen LogP contribution in [0, 0.1) is 10.7 Å². The van der Waals surface area contributed by atoms with Gasteiger partial charge >= 0.3 is 0 Å². The molecule has 0 saturated heterocycles. The Balaban J connectivity index is 3.19. The lowest BCUT2D eigenvalue weighted by molar-refractivity contribution is -0.380. The van der Waals surface area contributed by atoms with Crippen LogP contribution < -0.4 is 5.18 Å². The van der Waals surface area contributed by atoms with E-state index in [0.29, 0.717) is 0 Å². The number of phenolic OH excluding ortho intramolecular Hbond substituents is 1. The minimum Gasteiger partial charge on any atom is -0.502 e. The van der Waals surface area contributed by atoms with Gasteiger partial charge in [0.25, 0.3) is 5.69 Å². The SMILES string of the molecule is O=[NH+]c1ccc(F)cc1O. The van der Waals surface area contributed by atoms with Crippen LogP contribution in [0.4, 0.5) is 10.1 Å². The van der Waals surface area contributed by atoms with E-state index in [1.807, 2.05) is 0 Å². The standard InChI is InChI=1S/C6H4FNO2/c7-4-1-2-5(8-10)6(9)3-4/h1-3,9H/p+1. The Morgan fingerprint density at radius 1 is 1.50 bits per heavy atom. The number of hydrogen-bond acceptors (Lipinski definition) is 2. The summed E-state index contributed by atoms with van der Waals surface area (Å²) in [5, 5.41) is 10.2. The number of aromatic hydroxyl groups is 1. The minimum atomic E-state index is -0.573. The van der Waals surface area contributed by atoms with Crippen LogP contribution in [0.5, 0.6) is 5.75 Å². The van der Waals surface area contributed by atoms with E-state index in [0.717, 1.165) is 18.2 Å². The molecule has 2 N–H and O–H groups in total. The molecule has 3 nitrogen and oxygen atoms in total. The smallest absolute Gasteiger partial charge is 0.294 e. The highest BCUT2D eigenvalue weighted by atomic mass is 19.1. The Bertz CT molecular complexity index is 262. The Kier molecular flexibility index (Phi) is 1.62. The molecule has 0 heterocycles. The van der Waals surface area contributed by atoms with Gasteiger partial charge in [-0.3, -0.25) is 0 Å². The average Bonchev–Trinajstić information content (AvgIpc) is 1.88. The molecule has 0 atom stereocenters. The van der Waals surface area contributed by atoms with Crippen LogP contribution in [0.25, 0.3) is 0 Å². The van der Waals surface area contributed by atoms with Crippen LogP contribution in [0.3, 0.4) is 0 Å². The van der Waals surface area contributed by atoms with E-state index in [1.54, 1.807) is 0 Å². The lowest BCUT2D eigenvalue weighted by Crippen LogP contribution is -2.55. The summed E-state index contributed by atoms with van der Waals surface area (Å²) >= 11 is 0. The van der Waals surface area contributed by atoms with Crippen molar-refractivity contribution in [3.05, 3.63) is 28.9 Å². The zero-order chi connectivity index (χ0) is 7.56.